The zero-order valence-corrected chi connectivity index (χ0v) is 8.29. The van der Waals surface area contributed by atoms with Crippen molar-refractivity contribution >= 4 is 6.09 Å². The third kappa shape index (κ3) is 1.22. The molecule has 0 aliphatic heterocycles. The molecule has 0 unspecified atom stereocenters. The highest BCUT2D eigenvalue weighted by Crippen LogP contribution is 2.55. The molecule has 4 rings (SSSR count). The number of carboxylic acid groups (broad SMARTS) is 1. The molecule has 4 saturated carbocycles. The van der Waals surface area contributed by atoms with Gasteiger partial charge in [0.2, 0.25) is 0 Å². The van der Waals surface area contributed by atoms with Gasteiger partial charge in [0.1, 0.15) is 0 Å². The lowest BCUT2D eigenvalue weighted by Crippen LogP contribution is -2.59. The van der Waals surface area contributed by atoms with Crippen LogP contribution in [0.5, 0.6) is 0 Å². The van der Waals surface area contributed by atoms with Crippen LogP contribution in [0.2, 0.25) is 0 Å². The summed E-state index contributed by atoms with van der Waals surface area (Å²) in [5.74, 6) is 2.42. The number of nitrogens with one attached hydrogen (secondary N) is 1. The van der Waals surface area contributed by atoms with Crippen LogP contribution in [-0.2, 0) is 0 Å². The molecule has 0 aromatic carbocycles. The molecule has 3 nitrogen and oxygen atoms in total. The lowest BCUT2D eigenvalue weighted by atomic mass is 9.53. The Morgan fingerprint density at radius 1 is 1.21 bits per heavy atom. The topological polar surface area (TPSA) is 49.3 Å². The molecule has 2 N–H and O–H groups in total. The summed E-state index contributed by atoms with van der Waals surface area (Å²) in [7, 11) is 0. The van der Waals surface area contributed by atoms with Crippen molar-refractivity contribution in [3.05, 3.63) is 0 Å². The van der Waals surface area contributed by atoms with Gasteiger partial charge in [-0.05, 0) is 56.3 Å². The first-order chi connectivity index (χ1) is 7.19. The van der Waals surface area contributed by atoms with E-state index in [1.807, 2.05) is 0 Å². The van der Waals surface area contributed by atoms with Crippen LogP contribution in [0.15, 0.2) is 0 Å². The maximum atomic E-state index is 11.2. The van der Waals surface area contributed by atoms with Crippen LogP contribution >= 0.6 is 0 Å². The molecule has 0 aromatic heterocycles. The third-order valence-electron chi connectivity index (χ3n) is 4.41. The third-order valence-corrected chi connectivity index (χ3v) is 4.41. The molecule has 0 spiro atoms. The first kappa shape index (κ1) is 7.55. The molecule has 4 bridgehead atoms. The molecule has 0 heterocycles. The van der Waals surface area contributed by atoms with Crippen molar-refractivity contribution in [1.29, 1.82) is 1.43 Å². The highest BCUT2D eigenvalue weighted by molar-refractivity contribution is 5.65. The number of hydrogen-bond acceptors (Lipinski definition) is 2. The molecule has 3 heteroatoms. The fourth-order valence-electron chi connectivity index (χ4n) is 4.48. The zero-order chi connectivity index (χ0) is 10.5. The zero-order valence-electron chi connectivity index (χ0n) is 9.29. The number of rotatable bonds is 1. The fraction of sp³-hybridized carbons (Fsp3) is 0.909. The summed E-state index contributed by atoms with van der Waals surface area (Å²) < 4.78 is 6.61. The van der Waals surface area contributed by atoms with Gasteiger partial charge in [-0.15, -0.1) is 0 Å². The summed E-state index contributed by atoms with van der Waals surface area (Å²) in [5, 5.41) is 6.91. The van der Waals surface area contributed by atoms with E-state index in [1.54, 1.807) is 0 Å². The molecular formula is C11H17NO2. The fourth-order valence-corrected chi connectivity index (χ4v) is 4.48. The minimum absolute atomic E-state index is 0.0209. The van der Waals surface area contributed by atoms with Crippen LogP contribution < -0.4 is 5.32 Å². The molecule has 78 valence electrons. The van der Waals surface area contributed by atoms with E-state index < -0.39 is 6.09 Å². The molecule has 0 radical (unpaired) electrons. The van der Waals surface area contributed by atoms with Crippen molar-refractivity contribution < 1.29 is 9.90 Å². The van der Waals surface area contributed by atoms with Crippen LogP contribution in [0.1, 0.15) is 38.5 Å². The summed E-state index contributed by atoms with van der Waals surface area (Å²) in [6, 6.07) is 0. The van der Waals surface area contributed by atoms with Crippen molar-refractivity contribution in [3.8, 4) is 0 Å². The van der Waals surface area contributed by atoms with Crippen molar-refractivity contribution in [2.75, 3.05) is 0 Å². The predicted octanol–water partition coefficient (Wildman–Crippen LogP) is 2.22. The summed E-state index contributed by atoms with van der Waals surface area (Å²) >= 11 is 0. The lowest BCUT2D eigenvalue weighted by Gasteiger charge is -2.56. The van der Waals surface area contributed by atoms with Crippen molar-refractivity contribution in [2.45, 2.75) is 44.1 Å². The van der Waals surface area contributed by atoms with E-state index in [0.717, 1.165) is 37.0 Å². The Bertz CT molecular complexity index is 257. The maximum Gasteiger partial charge on any atom is 0.405 e. The maximum absolute atomic E-state index is 11.2. The smallest absolute Gasteiger partial charge is 0.405 e. The van der Waals surface area contributed by atoms with Gasteiger partial charge in [-0.2, -0.15) is 0 Å². The van der Waals surface area contributed by atoms with E-state index >= 15 is 0 Å². The van der Waals surface area contributed by atoms with Gasteiger partial charge < -0.3 is 10.4 Å². The molecule has 0 saturated heterocycles. The Morgan fingerprint density at radius 3 is 2.14 bits per heavy atom. The highest BCUT2D eigenvalue weighted by atomic mass is 16.4. The minimum Gasteiger partial charge on any atom is -0.465 e. The average Bonchev–Trinajstić information content (AvgIpc) is 2.14. The Balaban J connectivity index is 1.78. The quantitative estimate of drug-likeness (QED) is 0.675. The van der Waals surface area contributed by atoms with Crippen LogP contribution in [-0.4, -0.2) is 16.7 Å². The molecular weight excluding hydrogens is 178 g/mol. The van der Waals surface area contributed by atoms with Crippen molar-refractivity contribution in [3.63, 3.8) is 0 Å². The first-order valence-electron chi connectivity index (χ1n) is 6.05. The molecule has 1 amide bonds. The summed E-state index contributed by atoms with van der Waals surface area (Å²) in [5.41, 5.74) is -0.0209. The van der Waals surface area contributed by atoms with Gasteiger partial charge >= 0.3 is 6.09 Å². The van der Waals surface area contributed by atoms with E-state index in [9.17, 15) is 4.79 Å². The van der Waals surface area contributed by atoms with Crippen molar-refractivity contribution in [2.24, 2.45) is 17.8 Å². The molecule has 14 heavy (non-hydrogen) atoms. The average molecular weight is 196 g/mol. The van der Waals surface area contributed by atoms with Gasteiger partial charge in [0.25, 0.3) is 1.43 Å². The first-order valence-corrected chi connectivity index (χ1v) is 5.64. The molecule has 4 aliphatic carbocycles. The van der Waals surface area contributed by atoms with Crippen molar-refractivity contribution in [1.82, 2.24) is 5.32 Å². The molecule has 4 fully saturated rings. The predicted molar refractivity (Wildman–Crippen MR) is 52.1 cm³/mol. The second-order valence-corrected chi connectivity index (χ2v) is 5.61. The van der Waals surface area contributed by atoms with E-state index in [4.69, 9.17) is 1.43 Å². The van der Waals surface area contributed by atoms with E-state index in [2.05, 4.69) is 10.4 Å². The minimum atomic E-state index is -0.572. The van der Waals surface area contributed by atoms with Gasteiger partial charge in [-0.1, -0.05) is 0 Å². The number of carbonyl (C=O) groups is 1. The Kier molecular flexibility index (Phi) is 1.43. The Morgan fingerprint density at radius 2 is 1.71 bits per heavy atom. The van der Waals surface area contributed by atoms with Crippen LogP contribution in [0.25, 0.3) is 1.43 Å². The molecule has 4 aliphatic rings. The highest BCUT2D eigenvalue weighted by Gasteiger charge is 2.51. The normalized spacial score (nSPS) is 50.0. The second kappa shape index (κ2) is 2.65. The Hall–Kier alpha value is -0.730. The van der Waals surface area contributed by atoms with E-state index in [0.29, 0.717) is 0 Å². The van der Waals surface area contributed by atoms with Crippen LogP contribution in [0.4, 0.5) is 4.79 Å². The van der Waals surface area contributed by atoms with Gasteiger partial charge in [-0.25, -0.2) is 4.79 Å². The molecule has 0 aromatic rings. The standard InChI is InChI=1S/C11H17NO2/c13-10(14)12-11-4-7-1-8(5-11)3-9(2-7)6-11/h7-9,12H,1-6H2,(H,13,14)/i/hD. The van der Waals surface area contributed by atoms with E-state index in [-0.39, 0.29) is 5.54 Å². The van der Waals surface area contributed by atoms with Gasteiger partial charge in [0.05, 0.1) is 0 Å². The largest absolute Gasteiger partial charge is 0.465 e. The monoisotopic (exact) mass is 196 g/mol. The number of amides is 1. The lowest BCUT2D eigenvalue weighted by molar-refractivity contribution is -0.0167. The second-order valence-electron chi connectivity index (χ2n) is 5.61. The van der Waals surface area contributed by atoms with Gasteiger partial charge in [0, 0.05) is 5.54 Å². The SMILES string of the molecule is [2H]OC(=O)NC12CC3CC(CC(C3)C1)C2. The van der Waals surface area contributed by atoms with Gasteiger partial charge in [-0.3, -0.25) is 0 Å². The Labute approximate surface area is 85.4 Å². The molecule has 0 atom stereocenters. The van der Waals surface area contributed by atoms with Gasteiger partial charge in [0.15, 0.2) is 0 Å². The number of hydrogen-bond donors (Lipinski definition) is 2. The summed E-state index contributed by atoms with van der Waals surface area (Å²) in [6.07, 6.45) is 6.82. The summed E-state index contributed by atoms with van der Waals surface area (Å²) in [4.78, 5) is 11.2. The van der Waals surface area contributed by atoms with Crippen LogP contribution in [0, 0.1) is 17.8 Å². The summed E-state index contributed by atoms with van der Waals surface area (Å²) in [6.45, 7) is 0. The van der Waals surface area contributed by atoms with E-state index in [1.165, 1.54) is 19.3 Å². The van der Waals surface area contributed by atoms with Crippen LogP contribution in [0.3, 0.4) is 0 Å².